The van der Waals surface area contributed by atoms with Crippen molar-refractivity contribution in [2.45, 2.75) is 64.7 Å². The van der Waals surface area contributed by atoms with E-state index in [1.807, 2.05) is 31.2 Å². The highest BCUT2D eigenvalue weighted by atomic mass is 16.6. The number of nitrogens with one attached hydrogen (secondary N) is 4. The van der Waals surface area contributed by atoms with Crippen LogP contribution in [0.15, 0.2) is 34.3 Å². The minimum atomic E-state index is -0.466. The number of amides is 4. The Labute approximate surface area is 290 Å². The zero-order valence-electron chi connectivity index (χ0n) is 29.2. The van der Waals surface area contributed by atoms with Crippen molar-refractivity contribution in [3.63, 3.8) is 0 Å². The zero-order chi connectivity index (χ0) is 35.6. The molecular weight excluding hydrogens is 636 g/mol. The first kappa shape index (κ1) is 42.6. The predicted octanol–water partition coefficient (Wildman–Crippen LogP) is 4.61. The van der Waals surface area contributed by atoms with Gasteiger partial charge in [-0.3, -0.25) is 9.98 Å². The molecule has 49 heavy (non-hydrogen) atoms. The highest BCUT2D eigenvalue weighted by Gasteiger charge is 2.03. The topological polar surface area (TPSA) is 187 Å². The second-order valence-electron chi connectivity index (χ2n) is 10.8. The maximum absolute atomic E-state index is 11.8. The molecule has 1 rings (SSSR count). The van der Waals surface area contributed by atoms with E-state index in [4.69, 9.17) is 18.9 Å². The Bertz CT molecular complexity index is 1090. The van der Waals surface area contributed by atoms with E-state index in [-0.39, 0.29) is 19.8 Å². The molecule has 0 saturated heterocycles. The molecule has 0 radical (unpaired) electrons. The third-order valence-corrected chi connectivity index (χ3v) is 6.60. The first-order valence-corrected chi connectivity index (χ1v) is 17.2. The Morgan fingerprint density at radius 3 is 1.33 bits per heavy atom. The normalized spacial score (nSPS) is 10.9. The van der Waals surface area contributed by atoms with Crippen molar-refractivity contribution in [1.29, 1.82) is 0 Å². The number of hydrogen-bond donors (Lipinski definition) is 4. The van der Waals surface area contributed by atoms with Gasteiger partial charge in [-0.1, -0.05) is 56.9 Å². The molecule has 4 amide bonds. The van der Waals surface area contributed by atoms with Gasteiger partial charge in [0.25, 0.3) is 0 Å². The summed E-state index contributed by atoms with van der Waals surface area (Å²) in [5.74, 6) is 0. The molecule has 0 atom stereocenters. The van der Waals surface area contributed by atoms with Crippen LogP contribution in [0, 0.1) is 0 Å². The van der Waals surface area contributed by atoms with Crippen LogP contribution < -0.4 is 21.3 Å². The van der Waals surface area contributed by atoms with Gasteiger partial charge in [0.1, 0.15) is 19.8 Å². The fraction of sp³-hybridized carbons (Fsp3) is 0.647. The predicted molar refractivity (Wildman–Crippen MR) is 188 cm³/mol. The average Bonchev–Trinajstić information content (AvgIpc) is 3.10. The highest BCUT2D eigenvalue weighted by Crippen LogP contribution is 2.02. The lowest BCUT2D eigenvalue weighted by molar-refractivity contribution is 0.0731. The second-order valence-corrected chi connectivity index (χ2v) is 10.8. The van der Waals surface area contributed by atoms with Crippen LogP contribution >= 0.6 is 0 Å². The number of aliphatic imine (C=N–C) groups is 2. The number of rotatable bonds is 27. The van der Waals surface area contributed by atoms with E-state index in [9.17, 15) is 19.2 Å². The smallest absolute Gasteiger partial charge is 0.407 e. The van der Waals surface area contributed by atoms with Crippen LogP contribution in [0.25, 0.3) is 0 Å². The quantitative estimate of drug-likeness (QED) is 0.0580. The largest absolute Gasteiger partial charge is 0.453 e. The van der Waals surface area contributed by atoms with E-state index < -0.39 is 24.4 Å². The summed E-state index contributed by atoms with van der Waals surface area (Å²) in [4.78, 5) is 54.7. The van der Waals surface area contributed by atoms with Gasteiger partial charge in [0.15, 0.2) is 0 Å². The molecule has 4 N–H and O–H groups in total. The molecule has 0 aromatic heterocycles. The Morgan fingerprint density at radius 2 is 0.939 bits per heavy atom. The number of nitrogens with zero attached hydrogens (tertiary/aromatic N) is 2. The number of alkyl carbamates (subject to hydrolysis) is 4. The Balaban J connectivity index is 1.99. The molecule has 1 aromatic carbocycles. The summed E-state index contributed by atoms with van der Waals surface area (Å²) in [6.07, 6.45) is 9.66. The molecular formula is C34H56N6O9. The Kier molecular flexibility index (Phi) is 26.9. The summed E-state index contributed by atoms with van der Waals surface area (Å²) in [6.45, 7) is 6.58. The third-order valence-electron chi connectivity index (χ3n) is 6.60. The molecule has 0 bridgehead atoms. The SMILES string of the molecule is CCCOCCOC(=O)NCCCCCCNC(=O)OCC/N=C\c1ccc(/C=N/CCOC(=O)NCCCCCCNC(=O)OC)cc1. The first-order chi connectivity index (χ1) is 23.9. The lowest BCUT2D eigenvalue weighted by Crippen LogP contribution is -2.27. The van der Waals surface area contributed by atoms with Crippen molar-refractivity contribution in [2.24, 2.45) is 9.98 Å². The van der Waals surface area contributed by atoms with Crippen molar-refractivity contribution >= 4 is 36.8 Å². The van der Waals surface area contributed by atoms with Crippen LogP contribution in [0.2, 0.25) is 0 Å². The summed E-state index contributed by atoms with van der Waals surface area (Å²) in [5.41, 5.74) is 1.81. The summed E-state index contributed by atoms with van der Waals surface area (Å²) in [6, 6.07) is 7.63. The summed E-state index contributed by atoms with van der Waals surface area (Å²) < 4.78 is 25.0. The lowest BCUT2D eigenvalue weighted by atomic mass is 10.1. The van der Waals surface area contributed by atoms with Gasteiger partial charge >= 0.3 is 24.4 Å². The van der Waals surface area contributed by atoms with Crippen LogP contribution in [0.5, 0.6) is 0 Å². The van der Waals surface area contributed by atoms with Gasteiger partial charge < -0.3 is 45.0 Å². The molecule has 15 nitrogen and oxygen atoms in total. The van der Waals surface area contributed by atoms with Gasteiger partial charge in [-0.15, -0.1) is 0 Å². The number of ether oxygens (including phenoxy) is 5. The van der Waals surface area contributed by atoms with E-state index in [0.29, 0.717) is 52.5 Å². The average molecular weight is 693 g/mol. The molecule has 0 spiro atoms. The second kappa shape index (κ2) is 30.9. The summed E-state index contributed by atoms with van der Waals surface area (Å²) >= 11 is 0. The fourth-order valence-electron chi connectivity index (χ4n) is 4.02. The van der Waals surface area contributed by atoms with Crippen LogP contribution in [0.1, 0.15) is 75.8 Å². The monoisotopic (exact) mass is 692 g/mol. The molecule has 0 saturated carbocycles. The number of benzene rings is 1. The van der Waals surface area contributed by atoms with Crippen LogP contribution in [-0.4, -0.2) is 116 Å². The number of hydrogen-bond acceptors (Lipinski definition) is 11. The maximum Gasteiger partial charge on any atom is 0.407 e. The zero-order valence-corrected chi connectivity index (χ0v) is 29.2. The van der Waals surface area contributed by atoms with Crippen LogP contribution in [-0.2, 0) is 23.7 Å². The number of methoxy groups -OCH3 is 1. The van der Waals surface area contributed by atoms with E-state index >= 15 is 0 Å². The molecule has 276 valence electrons. The summed E-state index contributed by atoms with van der Waals surface area (Å²) in [5, 5.41) is 10.8. The van der Waals surface area contributed by atoms with Crippen LogP contribution in [0.3, 0.4) is 0 Å². The number of carbonyl (C=O) groups is 4. The fourth-order valence-corrected chi connectivity index (χ4v) is 4.02. The van der Waals surface area contributed by atoms with Crippen molar-refractivity contribution in [3.05, 3.63) is 35.4 Å². The lowest BCUT2D eigenvalue weighted by Gasteiger charge is -2.08. The van der Waals surface area contributed by atoms with Gasteiger partial charge in [0.2, 0.25) is 0 Å². The minimum Gasteiger partial charge on any atom is -0.453 e. The molecule has 0 heterocycles. The standard InChI is InChI=1S/C34H56N6O9/c1-3-22-46-25-26-49-34(44)40-19-11-7-6-10-18-39-33(43)48-24-21-36-28-30-14-12-29(13-15-30)27-35-20-23-47-32(42)38-17-9-5-4-8-16-37-31(41)45-2/h12-15,27-28H,3-11,16-26H2,1-2H3,(H,37,41)(H,38,42)(H,39,43)(H,40,44)/b35-27+,36-28-. The van der Waals surface area contributed by atoms with E-state index in [1.54, 1.807) is 12.4 Å². The Morgan fingerprint density at radius 1 is 0.551 bits per heavy atom. The van der Waals surface area contributed by atoms with E-state index in [1.165, 1.54) is 7.11 Å². The van der Waals surface area contributed by atoms with Gasteiger partial charge in [-0.25, -0.2) is 19.2 Å². The highest BCUT2D eigenvalue weighted by molar-refractivity contribution is 5.84. The van der Waals surface area contributed by atoms with Gasteiger partial charge in [0, 0.05) is 45.2 Å². The molecule has 0 fully saturated rings. The van der Waals surface area contributed by atoms with Gasteiger partial charge in [0.05, 0.1) is 26.8 Å². The molecule has 0 aliphatic carbocycles. The number of unbranched alkanes of at least 4 members (excludes halogenated alkanes) is 6. The molecule has 1 aromatic rings. The van der Waals surface area contributed by atoms with Gasteiger partial charge in [-0.2, -0.15) is 0 Å². The molecule has 0 aliphatic rings. The first-order valence-electron chi connectivity index (χ1n) is 17.2. The van der Waals surface area contributed by atoms with Gasteiger partial charge in [-0.05, 0) is 43.2 Å². The minimum absolute atomic E-state index is 0.178. The van der Waals surface area contributed by atoms with E-state index in [0.717, 1.165) is 68.9 Å². The van der Waals surface area contributed by atoms with Crippen molar-refractivity contribution in [3.8, 4) is 0 Å². The van der Waals surface area contributed by atoms with Crippen molar-refractivity contribution in [1.82, 2.24) is 21.3 Å². The third kappa shape index (κ3) is 27.3. The number of carbonyl (C=O) groups excluding carboxylic acids is 4. The van der Waals surface area contributed by atoms with Crippen molar-refractivity contribution in [2.75, 3.05) is 79.4 Å². The molecule has 15 heteroatoms. The molecule has 0 aliphatic heterocycles. The maximum atomic E-state index is 11.8. The van der Waals surface area contributed by atoms with Crippen molar-refractivity contribution < 1.29 is 42.9 Å². The Hall–Kier alpha value is -4.40. The molecule has 0 unspecified atom stereocenters. The summed E-state index contributed by atoms with van der Waals surface area (Å²) in [7, 11) is 1.33. The van der Waals surface area contributed by atoms with Crippen LogP contribution in [0.4, 0.5) is 19.2 Å². The van der Waals surface area contributed by atoms with E-state index in [2.05, 4.69) is 36.0 Å².